The first-order valence-electron chi connectivity index (χ1n) is 7.64. The number of fused-ring (bicyclic) bond motifs is 1. The minimum Gasteiger partial charge on any atom is -0.493 e. The van der Waals surface area contributed by atoms with Gasteiger partial charge in [0.15, 0.2) is 0 Å². The van der Waals surface area contributed by atoms with Gasteiger partial charge in [0.25, 0.3) is 0 Å². The maximum Gasteiger partial charge on any atom is 0.124 e. The summed E-state index contributed by atoms with van der Waals surface area (Å²) in [7, 11) is 0. The number of hydrogen-bond donors (Lipinski definition) is 1. The third-order valence-corrected chi connectivity index (χ3v) is 4.93. The predicted octanol–water partition coefficient (Wildman–Crippen LogP) is 3.35. The lowest BCUT2D eigenvalue weighted by Gasteiger charge is -2.30. The second-order valence-electron chi connectivity index (χ2n) is 5.87. The van der Waals surface area contributed by atoms with Gasteiger partial charge in [-0.2, -0.15) is 0 Å². The lowest BCUT2D eigenvalue weighted by atomic mass is 10.0. The van der Waals surface area contributed by atoms with Crippen LogP contribution in [0.15, 0.2) is 22.7 Å². The van der Waals surface area contributed by atoms with Crippen LogP contribution < -0.4 is 10.1 Å². The number of nitrogens with zero attached hydrogens (tertiary/aromatic N) is 1. The van der Waals surface area contributed by atoms with Gasteiger partial charge in [-0.1, -0.05) is 15.9 Å². The van der Waals surface area contributed by atoms with Crippen molar-refractivity contribution < 1.29 is 4.74 Å². The number of likely N-dealkylation sites (tertiary alicyclic amines) is 1. The largest absolute Gasteiger partial charge is 0.493 e. The molecule has 0 saturated carbocycles. The fraction of sp³-hybridized carbons (Fsp3) is 0.625. The van der Waals surface area contributed by atoms with Crippen molar-refractivity contribution in [2.45, 2.75) is 38.3 Å². The molecule has 1 fully saturated rings. The number of hydrogen-bond acceptors (Lipinski definition) is 3. The average Bonchev–Trinajstić information content (AvgIpc) is 2.99. The van der Waals surface area contributed by atoms with Gasteiger partial charge in [-0.05, 0) is 51.1 Å². The van der Waals surface area contributed by atoms with E-state index in [2.05, 4.69) is 45.2 Å². The van der Waals surface area contributed by atoms with Crippen molar-refractivity contribution in [2.75, 3.05) is 26.2 Å². The molecule has 0 aliphatic carbocycles. The van der Waals surface area contributed by atoms with Gasteiger partial charge in [-0.3, -0.25) is 4.90 Å². The summed E-state index contributed by atoms with van der Waals surface area (Å²) in [6.07, 6.45) is 3.77. The van der Waals surface area contributed by atoms with Gasteiger partial charge in [0.05, 0.1) is 6.61 Å². The summed E-state index contributed by atoms with van der Waals surface area (Å²) in [6, 6.07) is 7.34. The predicted molar refractivity (Wildman–Crippen MR) is 85.3 cm³/mol. The van der Waals surface area contributed by atoms with Gasteiger partial charge in [0.1, 0.15) is 5.75 Å². The zero-order valence-electron chi connectivity index (χ0n) is 12.1. The van der Waals surface area contributed by atoms with Crippen molar-refractivity contribution >= 4 is 15.9 Å². The molecular formula is C16H23BrN2O. The molecule has 1 aromatic rings. The number of benzene rings is 1. The highest BCUT2D eigenvalue weighted by molar-refractivity contribution is 9.10. The number of rotatable bonds is 4. The van der Waals surface area contributed by atoms with Crippen LogP contribution in [-0.4, -0.2) is 37.2 Å². The van der Waals surface area contributed by atoms with Gasteiger partial charge >= 0.3 is 0 Å². The topological polar surface area (TPSA) is 24.5 Å². The highest BCUT2D eigenvalue weighted by Gasteiger charge is 2.23. The molecule has 0 spiro atoms. The van der Waals surface area contributed by atoms with Crippen LogP contribution in [0.1, 0.15) is 37.8 Å². The molecule has 110 valence electrons. The Morgan fingerprint density at radius 2 is 2.20 bits per heavy atom. The Hall–Kier alpha value is -0.580. The molecule has 20 heavy (non-hydrogen) atoms. The average molecular weight is 339 g/mol. The van der Waals surface area contributed by atoms with Crippen molar-refractivity contribution in [3.05, 3.63) is 28.2 Å². The lowest BCUT2D eigenvalue weighted by molar-refractivity contribution is 0.221. The molecule has 1 aromatic carbocycles. The second-order valence-corrected chi connectivity index (χ2v) is 6.79. The quantitative estimate of drug-likeness (QED) is 0.911. The van der Waals surface area contributed by atoms with E-state index < -0.39 is 0 Å². The maximum atomic E-state index is 5.74. The Kier molecular flexibility index (Phi) is 4.64. The second kappa shape index (κ2) is 6.46. The van der Waals surface area contributed by atoms with Crippen LogP contribution in [0.25, 0.3) is 0 Å². The van der Waals surface area contributed by atoms with Crippen LogP contribution in [0.3, 0.4) is 0 Å². The van der Waals surface area contributed by atoms with Crippen LogP contribution in [0.4, 0.5) is 0 Å². The van der Waals surface area contributed by atoms with Gasteiger partial charge in [0, 0.05) is 35.1 Å². The first kappa shape index (κ1) is 14.4. The molecule has 2 atom stereocenters. The minimum atomic E-state index is 0.418. The molecule has 1 N–H and O–H groups in total. The van der Waals surface area contributed by atoms with Crippen LogP contribution in [-0.2, 0) is 0 Å². The van der Waals surface area contributed by atoms with E-state index >= 15 is 0 Å². The summed E-state index contributed by atoms with van der Waals surface area (Å²) >= 11 is 3.56. The van der Waals surface area contributed by atoms with Gasteiger partial charge < -0.3 is 10.1 Å². The molecule has 0 amide bonds. The van der Waals surface area contributed by atoms with Gasteiger partial charge in [-0.15, -0.1) is 0 Å². The highest BCUT2D eigenvalue weighted by Crippen LogP contribution is 2.34. The number of nitrogens with one attached hydrogen (secondary N) is 1. The van der Waals surface area contributed by atoms with E-state index in [0.29, 0.717) is 12.1 Å². The number of ether oxygens (including phenoxy) is 1. The van der Waals surface area contributed by atoms with E-state index in [-0.39, 0.29) is 0 Å². The summed E-state index contributed by atoms with van der Waals surface area (Å²) in [4.78, 5) is 2.59. The fourth-order valence-corrected chi connectivity index (χ4v) is 3.58. The Morgan fingerprint density at radius 1 is 1.40 bits per heavy atom. The van der Waals surface area contributed by atoms with E-state index in [1.807, 2.05) is 6.07 Å². The van der Waals surface area contributed by atoms with Crippen molar-refractivity contribution in [3.63, 3.8) is 0 Å². The molecule has 1 saturated heterocycles. The first-order valence-corrected chi connectivity index (χ1v) is 8.43. The van der Waals surface area contributed by atoms with Gasteiger partial charge in [0.2, 0.25) is 0 Å². The van der Waals surface area contributed by atoms with Gasteiger partial charge in [-0.25, -0.2) is 0 Å². The van der Waals surface area contributed by atoms with E-state index in [4.69, 9.17) is 4.74 Å². The SMILES string of the molecule is CC(CNC1CCOc2ccc(Br)cc21)N1CCCC1. The fourth-order valence-electron chi connectivity index (χ4n) is 3.20. The Balaban J connectivity index is 1.62. The Morgan fingerprint density at radius 3 is 3.00 bits per heavy atom. The number of halogens is 1. The van der Waals surface area contributed by atoms with Crippen LogP contribution in [0.5, 0.6) is 5.75 Å². The molecule has 2 unspecified atom stereocenters. The Labute approximate surface area is 129 Å². The minimum absolute atomic E-state index is 0.418. The lowest BCUT2D eigenvalue weighted by Crippen LogP contribution is -2.40. The van der Waals surface area contributed by atoms with Crippen molar-refractivity contribution in [2.24, 2.45) is 0 Å². The van der Waals surface area contributed by atoms with Crippen LogP contribution >= 0.6 is 15.9 Å². The summed E-state index contributed by atoms with van der Waals surface area (Å²) in [5.74, 6) is 1.03. The molecule has 2 aliphatic rings. The molecule has 0 bridgehead atoms. The van der Waals surface area contributed by atoms with Crippen molar-refractivity contribution in [1.82, 2.24) is 10.2 Å². The van der Waals surface area contributed by atoms with E-state index in [0.717, 1.165) is 29.8 Å². The molecular weight excluding hydrogens is 316 g/mol. The maximum absolute atomic E-state index is 5.74. The molecule has 3 nitrogen and oxygen atoms in total. The van der Waals surface area contributed by atoms with Crippen LogP contribution in [0, 0.1) is 0 Å². The summed E-state index contributed by atoms with van der Waals surface area (Å²) in [6.45, 7) is 6.72. The zero-order chi connectivity index (χ0) is 13.9. The third kappa shape index (κ3) is 3.18. The summed E-state index contributed by atoms with van der Waals surface area (Å²) in [5, 5.41) is 3.74. The highest BCUT2D eigenvalue weighted by atomic mass is 79.9. The normalized spacial score (nSPS) is 24.2. The molecule has 0 radical (unpaired) electrons. The molecule has 2 heterocycles. The summed E-state index contributed by atoms with van der Waals surface area (Å²) in [5.41, 5.74) is 1.29. The third-order valence-electron chi connectivity index (χ3n) is 4.44. The zero-order valence-corrected chi connectivity index (χ0v) is 13.7. The molecule has 0 aromatic heterocycles. The van der Waals surface area contributed by atoms with Crippen molar-refractivity contribution in [3.8, 4) is 5.75 Å². The smallest absolute Gasteiger partial charge is 0.124 e. The van der Waals surface area contributed by atoms with Crippen molar-refractivity contribution in [1.29, 1.82) is 0 Å². The molecule has 4 heteroatoms. The van der Waals surface area contributed by atoms with E-state index in [1.54, 1.807) is 0 Å². The Bertz CT molecular complexity index is 460. The summed E-state index contributed by atoms with van der Waals surface area (Å²) < 4.78 is 6.87. The van der Waals surface area contributed by atoms with E-state index in [1.165, 1.54) is 31.5 Å². The van der Waals surface area contributed by atoms with Crippen LogP contribution in [0.2, 0.25) is 0 Å². The standard InChI is InChI=1S/C16H23BrN2O/c1-12(19-7-2-3-8-19)11-18-15-6-9-20-16-5-4-13(17)10-14(15)16/h4-5,10,12,15,18H,2-3,6-9,11H2,1H3. The monoisotopic (exact) mass is 338 g/mol. The molecule has 3 rings (SSSR count). The van der Waals surface area contributed by atoms with E-state index in [9.17, 15) is 0 Å². The molecule has 2 aliphatic heterocycles. The first-order chi connectivity index (χ1) is 9.74.